The van der Waals surface area contributed by atoms with Crippen molar-refractivity contribution in [2.75, 3.05) is 13.2 Å². The monoisotopic (exact) mass is 271 g/mol. The number of amides is 1. The van der Waals surface area contributed by atoms with Crippen LogP contribution in [0.3, 0.4) is 0 Å². The van der Waals surface area contributed by atoms with Crippen molar-refractivity contribution >= 4 is 5.91 Å². The van der Waals surface area contributed by atoms with Crippen molar-refractivity contribution in [1.82, 2.24) is 4.90 Å². The second-order valence-corrected chi connectivity index (χ2v) is 5.73. The Morgan fingerprint density at radius 3 is 2.90 bits per heavy atom. The van der Waals surface area contributed by atoms with E-state index in [0.29, 0.717) is 12.0 Å². The molecule has 1 aliphatic heterocycles. The molecular weight excluding hydrogens is 250 g/mol. The normalized spacial score (nSPS) is 16.6. The fraction of sp³-hybridized carbons (Fsp3) is 0.471. The van der Waals surface area contributed by atoms with Gasteiger partial charge < -0.3 is 10.0 Å². The molecule has 0 aliphatic carbocycles. The van der Waals surface area contributed by atoms with Gasteiger partial charge in [0.1, 0.15) is 0 Å². The van der Waals surface area contributed by atoms with Gasteiger partial charge in [-0.3, -0.25) is 4.79 Å². The van der Waals surface area contributed by atoms with Gasteiger partial charge in [-0.25, -0.2) is 0 Å². The summed E-state index contributed by atoms with van der Waals surface area (Å²) in [5, 5.41) is 8.72. The first-order valence-corrected chi connectivity index (χ1v) is 7.06. The fourth-order valence-electron chi connectivity index (χ4n) is 2.59. The van der Waals surface area contributed by atoms with Crippen LogP contribution in [0.1, 0.15) is 49.0 Å². The van der Waals surface area contributed by atoms with Crippen LogP contribution in [0.2, 0.25) is 0 Å². The molecular formula is C17H21NO2. The van der Waals surface area contributed by atoms with Crippen LogP contribution in [0.25, 0.3) is 0 Å². The molecule has 1 N–H and O–H groups in total. The number of likely N-dealkylation sites (tertiary alicyclic amines) is 1. The molecule has 0 radical (unpaired) electrons. The molecule has 2 rings (SSSR count). The number of rotatable bonds is 2. The number of aliphatic hydroxyl groups is 1. The highest BCUT2D eigenvalue weighted by Crippen LogP contribution is 2.29. The van der Waals surface area contributed by atoms with Crippen LogP contribution in [-0.4, -0.2) is 34.6 Å². The summed E-state index contributed by atoms with van der Waals surface area (Å²) < 4.78 is 0. The predicted molar refractivity (Wildman–Crippen MR) is 79.4 cm³/mol. The molecule has 0 bridgehead atoms. The Kier molecular flexibility index (Phi) is 4.46. The average Bonchev–Trinajstić information content (AvgIpc) is 2.78. The summed E-state index contributed by atoms with van der Waals surface area (Å²) in [7, 11) is 0. The molecule has 1 amide bonds. The number of nitrogens with zero attached hydrogens (tertiary/aromatic N) is 1. The largest absolute Gasteiger partial charge is 0.395 e. The first-order chi connectivity index (χ1) is 9.54. The smallest absolute Gasteiger partial charge is 0.254 e. The minimum absolute atomic E-state index is 0.0599. The molecule has 20 heavy (non-hydrogen) atoms. The van der Waals surface area contributed by atoms with E-state index >= 15 is 0 Å². The second-order valence-electron chi connectivity index (χ2n) is 5.73. The van der Waals surface area contributed by atoms with Crippen LogP contribution in [0, 0.1) is 11.8 Å². The lowest BCUT2D eigenvalue weighted by atomic mass is 10.0. The number of hydrogen-bond donors (Lipinski definition) is 1. The molecule has 0 aromatic heterocycles. The van der Waals surface area contributed by atoms with Crippen LogP contribution in [0.5, 0.6) is 0 Å². The molecule has 1 aliphatic rings. The summed E-state index contributed by atoms with van der Waals surface area (Å²) in [6.45, 7) is 5.12. The van der Waals surface area contributed by atoms with Crippen LogP contribution in [0.15, 0.2) is 24.3 Å². The summed E-state index contributed by atoms with van der Waals surface area (Å²) in [5.74, 6) is 5.93. The van der Waals surface area contributed by atoms with E-state index in [1.165, 1.54) is 0 Å². The number of aliphatic hydroxyl groups excluding tert-OH is 1. The molecule has 106 valence electrons. The molecule has 1 aromatic rings. The van der Waals surface area contributed by atoms with Gasteiger partial charge in [-0.1, -0.05) is 17.9 Å². The maximum atomic E-state index is 12.6. The lowest BCUT2D eigenvalue weighted by Crippen LogP contribution is -2.42. The molecule has 1 heterocycles. The van der Waals surface area contributed by atoms with Crippen molar-refractivity contribution in [3.05, 3.63) is 35.4 Å². The van der Waals surface area contributed by atoms with Gasteiger partial charge in [0.05, 0.1) is 6.61 Å². The lowest BCUT2D eigenvalue weighted by Gasteiger charge is -2.31. The first kappa shape index (κ1) is 14.6. The Hall–Kier alpha value is -1.79. The van der Waals surface area contributed by atoms with Gasteiger partial charge in [0.25, 0.3) is 5.91 Å². The molecule has 1 fully saturated rings. The molecule has 0 unspecified atom stereocenters. The summed E-state index contributed by atoms with van der Waals surface area (Å²) in [4.78, 5) is 14.5. The Bertz CT molecular complexity index is 552. The predicted octanol–water partition coefficient (Wildman–Crippen LogP) is 2.44. The topological polar surface area (TPSA) is 40.5 Å². The third-order valence-electron chi connectivity index (χ3n) is 3.73. The third-order valence-corrected chi connectivity index (χ3v) is 3.73. The van der Waals surface area contributed by atoms with Gasteiger partial charge in [0.2, 0.25) is 0 Å². The van der Waals surface area contributed by atoms with Gasteiger partial charge in [0.15, 0.2) is 0 Å². The van der Waals surface area contributed by atoms with E-state index in [1.807, 2.05) is 29.2 Å². The van der Waals surface area contributed by atoms with Crippen molar-refractivity contribution in [3.63, 3.8) is 0 Å². The third kappa shape index (κ3) is 3.20. The van der Waals surface area contributed by atoms with Crippen molar-refractivity contribution in [3.8, 4) is 11.8 Å². The molecule has 0 spiro atoms. The van der Waals surface area contributed by atoms with Gasteiger partial charge in [-0.15, -0.1) is 0 Å². The second kappa shape index (κ2) is 6.11. The summed E-state index contributed by atoms with van der Waals surface area (Å²) in [5.41, 5.74) is 1.45. The van der Waals surface area contributed by atoms with E-state index in [2.05, 4.69) is 25.7 Å². The quantitative estimate of drug-likeness (QED) is 0.839. The maximum absolute atomic E-state index is 12.6. The van der Waals surface area contributed by atoms with E-state index in [0.717, 1.165) is 24.9 Å². The zero-order valence-corrected chi connectivity index (χ0v) is 12.1. The SMILES string of the molecule is CC1(C)CCCN1C(=O)c1cccc(C#CCCO)c1. The van der Waals surface area contributed by atoms with E-state index in [1.54, 1.807) is 0 Å². The Balaban J connectivity index is 2.19. The lowest BCUT2D eigenvalue weighted by molar-refractivity contribution is 0.0652. The van der Waals surface area contributed by atoms with E-state index in [-0.39, 0.29) is 18.1 Å². The summed E-state index contributed by atoms with van der Waals surface area (Å²) >= 11 is 0. The number of carbonyl (C=O) groups excluding carboxylic acids is 1. The summed E-state index contributed by atoms with van der Waals surface area (Å²) in [6, 6.07) is 7.42. The maximum Gasteiger partial charge on any atom is 0.254 e. The van der Waals surface area contributed by atoms with Crippen LogP contribution in [0.4, 0.5) is 0 Å². The molecule has 0 atom stereocenters. The molecule has 3 heteroatoms. The van der Waals surface area contributed by atoms with E-state index in [4.69, 9.17) is 5.11 Å². The standard InChI is InChI=1S/C17H21NO2/c1-17(2)10-6-11-18(17)16(20)15-9-5-8-14(13-15)7-3-4-12-19/h5,8-9,13,19H,4,6,10-12H2,1-2H3. The van der Waals surface area contributed by atoms with E-state index < -0.39 is 0 Å². The average molecular weight is 271 g/mol. The zero-order valence-electron chi connectivity index (χ0n) is 12.1. The number of carbonyl (C=O) groups is 1. The molecule has 1 saturated heterocycles. The Labute approximate surface area is 120 Å². The first-order valence-electron chi connectivity index (χ1n) is 7.06. The fourth-order valence-corrected chi connectivity index (χ4v) is 2.59. The van der Waals surface area contributed by atoms with Crippen LogP contribution >= 0.6 is 0 Å². The molecule has 3 nitrogen and oxygen atoms in total. The van der Waals surface area contributed by atoms with Crippen LogP contribution in [-0.2, 0) is 0 Å². The number of hydrogen-bond acceptors (Lipinski definition) is 2. The van der Waals surface area contributed by atoms with Gasteiger partial charge in [-0.05, 0) is 44.9 Å². The van der Waals surface area contributed by atoms with Crippen molar-refractivity contribution in [2.45, 2.75) is 38.6 Å². The highest BCUT2D eigenvalue weighted by molar-refractivity contribution is 5.95. The zero-order chi connectivity index (χ0) is 14.6. The minimum atomic E-state index is -0.0599. The number of benzene rings is 1. The van der Waals surface area contributed by atoms with Crippen LogP contribution < -0.4 is 0 Å². The Morgan fingerprint density at radius 1 is 1.45 bits per heavy atom. The minimum Gasteiger partial charge on any atom is -0.395 e. The molecule has 1 aromatic carbocycles. The summed E-state index contributed by atoms with van der Waals surface area (Å²) in [6.07, 6.45) is 2.57. The van der Waals surface area contributed by atoms with Crippen molar-refractivity contribution in [1.29, 1.82) is 0 Å². The highest BCUT2D eigenvalue weighted by atomic mass is 16.2. The van der Waals surface area contributed by atoms with E-state index in [9.17, 15) is 4.79 Å². The van der Waals surface area contributed by atoms with Gasteiger partial charge in [0, 0.05) is 29.6 Å². The van der Waals surface area contributed by atoms with Gasteiger partial charge in [-0.2, -0.15) is 0 Å². The van der Waals surface area contributed by atoms with Gasteiger partial charge >= 0.3 is 0 Å². The van der Waals surface area contributed by atoms with Crippen molar-refractivity contribution < 1.29 is 9.90 Å². The Morgan fingerprint density at radius 2 is 2.25 bits per heavy atom. The molecule has 0 saturated carbocycles. The van der Waals surface area contributed by atoms with Crippen molar-refractivity contribution in [2.24, 2.45) is 0 Å². The highest BCUT2D eigenvalue weighted by Gasteiger charge is 2.35.